The van der Waals surface area contributed by atoms with E-state index in [1.165, 1.54) is 0 Å². The van der Waals surface area contributed by atoms with Gasteiger partial charge in [-0.15, -0.1) is 0 Å². The number of carbonyl (C=O) groups excluding carboxylic acids is 1. The zero-order valence-electron chi connectivity index (χ0n) is 13.8. The van der Waals surface area contributed by atoms with Crippen LogP contribution in [0.25, 0.3) is 11.1 Å². The van der Waals surface area contributed by atoms with Crippen LogP contribution in [0, 0.1) is 0 Å². The molecule has 0 fully saturated rings. The predicted molar refractivity (Wildman–Crippen MR) is 92.0 cm³/mol. The number of nitrogens with one attached hydrogen (secondary N) is 1. The largest absolute Gasteiger partial charge is 0.444 e. The van der Waals surface area contributed by atoms with E-state index in [9.17, 15) is 4.79 Å². The molecule has 23 heavy (non-hydrogen) atoms. The fourth-order valence-electron chi connectivity index (χ4n) is 2.22. The van der Waals surface area contributed by atoms with Crippen molar-refractivity contribution in [3.05, 3.63) is 48.3 Å². The predicted octanol–water partition coefficient (Wildman–Crippen LogP) is 3.40. The molecule has 0 aliphatic carbocycles. The lowest BCUT2D eigenvalue weighted by Crippen LogP contribution is -2.33. The summed E-state index contributed by atoms with van der Waals surface area (Å²) >= 11 is 0. The van der Waals surface area contributed by atoms with Gasteiger partial charge in [-0.2, -0.15) is 0 Å². The van der Waals surface area contributed by atoms with Crippen molar-refractivity contribution >= 4 is 11.8 Å². The van der Waals surface area contributed by atoms with Crippen LogP contribution in [-0.2, 0) is 11.2 Å². The molecule has 122 valence electrons. The number of amides is 1. The van der Waals surface area contributed by atoms with Gasteiger partial charge in [0.25, 0.3) is 0 Å². The third kappa shape index (κ3) is 4.98. The van der Waals surface area contributed by atoms with Gasteiger partial charge in [-0.1, -0.05) is 24.3 Å². The lowest BCUT2D eigenvalue weighted by molar-refractivity contribution is 0.0528. The van der Waals surface area contributed by atoms with Crippen LogP contribution in [0.1, 0.15) is 26.3 Å². The van der Waals surface area contributed by atoms with E-state index >= 15 is 0 Å². The third-order valence-electron chi connectivity index (χ3n) is 3.23. The maximum Gasteiger partial charge on any atom is 0.407 e. The van der Waals surface area contributed by atoms with Gasteiger partial charge in [-0.05, 0) is 38.8 Å². The second-order valence-corrected chi connectivity index (χ2v) is 6.30. The SMILES string of the molecule is CC(C)(C)OC(=O)NCCc1cccc(-c2cccnc2)c1N. The van der Waals surface area contributed by atoms with Crippen LogP contribution in [0.3, 0.4) is 0 Å². The van der Waals surface area contributed by atoms with E-state index in [0.29, 0.717) is 18.7 Å². The summed E-state index contributed by atoms with van der Waals surface area (Å²) in [6.45, 7) is 5.97. The molecule has 1 amide bonds. The van der Waals surface area contributed by atoms with Gasteiger partial charge in [0, 0.05) is 35.8 Å². The Balaban J connectivity index is 2.01. The number of pyridine rings is 1. The number of para-hydroxylation sites is 1. The van der Waals surface area contributed by atoms with Crippen molar-refractivity contribution in [1.82, 2.24) is 10.3 Å². The fourth-order valence-corrected chi connectivity index (χ4v) is 2.22. The third-order valence-corrected chi connectivity index (χ3v) is 3.23. The van der Waals surface area contributed by atoms with Crippen LogP contribution in [0.15, 0.2) is 42.7 Å². The minimum absolute atomic E-state index is 0.417. The van der Waals surface area contributed by atoms with E-state index < -0.39 is 11.7 Å². The van der Waals surface area contributed by atoms with E-state index in [0.717, 1.165) is 16.7 Å². The number of benzene rings is 1. The summed E-state index contributed by atoms with van der Waals surface area (Å²) in [6, 6.07) is 9.75. The van der Waals surface area contributed by atoms with Crippen molar-refractivity contribution in [3.8, 4) is 11.1 Å². The number of hydrogen-bond acceptors (Lipinski definition) is 4. The number of ether oxygens (including phenoxy) is 1. The molecule has 0 radical (unpaired) electrons. The van der Waals surface area contributed by atoms with Crippen molar-refractivity contribution in [2.75, 3.05) is 12.3 Å². The van der Waals surface area contributed by atoms with Crippen LogP contribution in [0.4, 0.5) is 10.5 Å². The normalized spacial score (nSPS) is 11.1. The topological polar surface area (TPSA) is 77.2 Å². The summed E-state index contributed by atoms with van der Waals surface area (Å²) in [7, 11) is 0. The number of nitrogens with zero attached hydrogens (tertiary/aromatic N) is 1. The molecule has 2 rings (SSSR count). The summed E-state index contributed by atoms with van der Waals surface area (Å²) in [5.41, 5.74) is 9.40. The van der Waals surface area contributed by atoms with Crippen molar-refractivity contribution < 1.29 is 9.53 Å². The summed E-state index contributed by atoms with van der Waals surface area (Å²) in [5.74, 6) is 0. The van der Waals surface area contributed by atoms with Crippen molar-refractivity contribution in [1.29, 1.82) is 0 Å². The molecule has 2 aromatic rings. The highest BCUT2D eigenvalue weighted by Crippen LogP contribution is 2.28. The molecule has 5 nitrogen and oxygen atoms in total. The van der Waals surface area contributed by atoms with Crippen LogP contribution < -0.4 is 11.1 Å². The number of carbonyl (C=O) groups is 1. The second kappa shape index (κ2) is 7.13. The molecule has 0 bridgehead atoms. The lowest BCUT2D eigenvalue weighted by atomic mass is 10.00. The molecule has 0 saturated heterocycles. The van der Waals surface area contributed by atoms with Gasteiger partial charge in [-0.3, -0.25) is 4.98 Å². The molecule has 1 heterocycles. The van der Waals surface area contributed by atoms with Gasteiger partial charge in [0.1, 0.15) is 5.60 Å². The lowest BCUT2D eigenvalue weighted by Gasteiger charge is -2.19. The van der Waals surface area contributed by atoms with E-state index in [1.54, 1.807) is 12.4 Å². The number of hydrogen-bond donors (Lipinski definition) is 2. The molecule has 1 aromatic carbocycles. The highest BCUT2D eigenvalue weighted by molar-refractivity contribution is 5.78. The Kier molecular flexibility index (Phi) is 5.21. The minimum atomic E-state index is -0.497. The van der Waals surface area contributed by atoms with Crippen molar-refractivity contribution in [3.63, 3.8) is 0 Å². The number of anilines is 1. The maximum atomic E-state index is 11.6. The Morgan fingerprint density at radius 2 is 2.04 bits per heavy atom. The highest BCUT2D eigenvalue weighted by atomic mass is 16.6. The van der Waals surface area contributed by atoms with Gasteiger partial charge in [0.05, 0.1) is 0 Å². The van der Waals surface area contributed by atoms with E-state index in [-0.39, 0.29) is 0 Å². The van der Waals surface area contributed by atoms with Gasteiger partial charge in [-0.25, -0.2) is 4.79 Å². The summed E-state index contributed by atoms with van der Waals surface area (Å²) in [6.07, 6.45) is 3.74. The van der Waals surface area contributed by atoms with Gasteiger partial charge in [0.2, 0.25) is 0 Å². The standard InChI is InChI=1S/C18H23N3O2/c1-18(2,3)23-17(22)21-11-9-13-6-4-8-15(16(13)19)14-7-5-10-20-12-14/h4-8,10,12H,9,11,19H2,1-3H3,(H,21,22). The van der Waals surface area contributed by atoms with Crippen LogP contribution in [-0.4, -0.2) is 23.2 Å². The van der Waals surface area contributed by atoms with E-state index in [2.05, 4.69) is 10.3 Å². The molecule has 0 unspecified atom stereocenters. The van der Waals surface area contributed by atoms with Crippen LogP contribution in [0.5, 0.6) is 0 Å². The number of nitrogen functional groups attached to an aromatic ring is 1. The number of rotatable bonds is 4. The fraction of sp³-hybridized carbons (Fsp3) is 0.333. The van der Waals surface area contributed by atoms with E-state index in [1.807, 2.05) is 51.1 Å². The Hall–Kier alpha value is -2.56. The monoisotopic (exact) mass is 313 g/mol. The zero-order valence-corrected chi connectivity index (χ0v) is 13.8. The van der Waals surface area contributed by atoms with E-state index in [4.69, 9.17) is 10.5 Å². The Morgan fingerprint density at radius 1 is 1.26 bits per heavy atom. The maximum absolute atomic E-state index is 11.6. The number of alkyl carbamates (subject to hydrolysis) is 1. The first-order valence-electron chi connectivity index (χ1n) is 7.61. The molecule has 1 aromatic heterocycles. The molecule has 5 heteroatoms. The zero-order chi connectivity index (χ0) is 16.9. The quantitative estimate of drug-likeness (QED) is 0.848. The van der Waals surface area contributed by atoms with Crippen molar-refractivity contribution in [2.45, 2.75) is 32.8 Å². The second-order valence-electron chi connectivity index (χ2n) is 6.30. The van der Waals surface area contributed by atoms with Crippen molar-refractivity contribution in [2.24, 2.45) is 0 Å². The number of nitrogens with two attached hydrogens (primary N) is 1. The molecule has 0 spiro atoms. The average molecular weight is 313 g/mol. The molecule has 0 saturated carbocycles. The summed E-state index contributed by atoms with van der Waals surface area (Å²) in [5, 5.41) is 2.75. The smallest absolute Gasteiger partial charge is 0.407 e. The molecule has 0 aliphatic heterocycles. The average Bonchev–Trinajstić information content (AvgIpc) is 2.48. The Labute approximate surface area is 136 Å². The molecular weight excluding hydrogens is 290 g/mol. The Morgan fingerprint density at radius 3 is 2.70 bits per heavy atom. The van der Waals surface area contributed by atoms with Crippen LogP contribution >= 0.6 is 0 Å². The van der Waals surface area contributed by atoms with Crippen LogP contribution in [0.2, 0.25) is 0 Å². The molecular formula is C18H23N3O2. The number of aromatic nitrogens is 1. The first kappa shape index (κ1) is 16.8. The summed E-state index contributed by atoms with van der Waals surface area (Å²) in [4.78, 5) is 15.8. The first-order valence-corrected chi connectivity index (χ1v) is 7.61. The van der Waals surface area contributed by atoms with Gasteiger partial charge < -0.3 is 15.8 Å². The highest BCUT2D eigenvalue weighted by Gasteiger charge is 2.15. The molecule has 0 atom stereocenters. The Bertz CT molecular complexity index is 664. The molecule has 0 aliphatic rings. The minimum Gasteiger partial charge on any atom is -0.444 e. The molecule has 3 N–H and O–H groups in total. The first-order chi connectivity index (χ1) is 10.9. The summed E-state index contributed by atoms with van der Waals surface area (Å²) < 4.78 is 5.21. The van der Waals surface area contributed by atoms with Gasteiger partial charge >= 0.3 is 6.09 Å². The van der Waals surface area contributed by atoms with Gasteiger partial charge in [0.15, 0.2) is 0 Å².